The second-order valence-corrected chi connectivity index (χ2v) is 9.18. The Kier molecular flexibility index (Phi) is 5.68. The van der Waals surface area contributed by atoms with Gasteiger partial charge in [0, 0.05) is 18.0 Å². The maximum atomic E-state index is 12.7. The van der Waals surface area contributed by atoms with Crippen molar-refractivity contribution in [3.63, 3.8) is 0 Å². The predicted octanol–water partition coefficient (Wildman–Crippen LogP) is 4.37. The van der Waals surface area contributed by atoms with Gasteiger partial charge < -0.3 is 14.6 Å². The standard InChI is InChI=1S/C25H26N4O2S/c1-3-29-15-18(31-21-12-8-7-11-20(21)29)14-28(2)16-23-26-24(30)19-13-22(32-25(19)27-23)17-9-5-4-6-10-17/h4-13,18H,3,14-16H2,1-2H3,(H,26,27,30)/t18-/m0/s1. The lowest BCUT2D eigenvalue weighted by Gasteiger charge is -2.37. The number of hydrogen-bond acceptors (Lipinski definition) is 6. The van der Waals surface area contributed by atoms with Crippen molar-refractivity contribution in [2.45, 2.75) is 19.6 Å². The number of H-pyrrole nitrogens is 1. The molecular formula is C25H26N4O2S. The lowest BCUT2D eigenvalue weighted by atomic mass is 10.2. The fourth-order valence-electron chi connectivity index (χ4n) is 4.24. The number of anilines is 1. The highest BCUT2D eigenvalue weighted by Gasteiger charge is 2.25. The van der Waals surface area contributed by atoms with Crippen molar-refractivity contribution in [3.05, 3.63) is 76.8 Å². The maximum Gasteiger partial charge on any atom is 0.259 e. The molecule has 0 bridgehead atoms. The highest BCUT2D eigenvalue weighted by Crippen LogP contribution is 2.33. The molecule has 2 aromatic carbocycles. The number of fused-ring (bicyclic) bond motifs is 2. The Balaban J connectivity index is 1.32. The Hall–Kier alpha value is -3.16. The van der Waals surface area contributed by atoms with Crippen LogP contribution >= 0.6 is 11.3 Å². The van der Waals surface area contributed by atoms with E-state index in [-0.39, 0.29) is 11.7 Å². The van der Waals surface area contributed by atoms with Gasteiger partial charge in [-0.15, -0.1) is 11.3 Å². The summed E-state index contributed by atoms with van der Waals surface area (Å²) in [6.45, 7) is 5.24. The number of aromatic nitrogens is 2. The molecule has 0 fully saturated rings. The van der Waals surface area contributed by atoms with Gasteiger partial charge in [0.1, 0.15) is 22.5 Å². The highest BCUT2D eigenvalue weighted by molar-refractivity contribution is 7.21. The lowest BCUT2D eigenvalue weighted by Crippen LogP contribution is -2.45. The number of likely N-dealkylation sites (N-methyl/N-ethyl adjacent to an activating group) is 2. The van der Waals surface area contributed by atoms with Crippen LogP contribution in [-0.4, -0.2) is 47.7 Å². The molecule has 1 aliphatic rings. The van der Waals surface area contributed by atoms with E-state index in [1.165, 1.54) is 0 Å². The molecule has 4 aromatic rings. The van der Waals surface area contributed by atoms with Gasteiger partial charge in [0.2, 0.25) is 0 Å². The van der Waals surface area contributed by atoms with Crippen LogP contribution in [-0.2, 0) is 6.54 Å². The molecule has 1 atom stereocenters. The van der Waals surface area contributed by atoms with Gasteiger partial charge in [-0.1, -0.05) is 42.5 Å². The van der Waals surface area contributed by atoms with Gasteiger partial charge in [-0.3, -0.25) is 9.69 Å². The Morgan fingerprint density at radius 3 is 2.78 bits per heavy atom. The zero-order valence-corrected chi connectivity index (χ0v) is 19.1. The third-order valence-corrected chi connectivity index (χ3v) is 6.83. The Morgan fingerprint density at radius 2 is 1.97 bits per heavy atom. The van der Waals surface area contributed by atoms with Crippen molar-refractivity contribution in [3.8, 4) is 16.2 Å². The number of aromatic amines is 1. The molecule has 1 N–H and O–H groups in total. The van der Waals surface area contributed by atoms with E-state index in [1.807, 2.05) is 49.5 Å². The normalized spacial score (nSPS) is 15.7. The summed E-state index contributed by atoms with van der Waals surface area (Å²) in [5, 5.41) is 0.645. The van der Waals surface area contributed by atoms with Crippen LogP contribution < -0.4 is 15.2 Å². The fraction of sp³-hybridized carbons (Fsp3) is 0.280. The number of nitrogens with one attached hydrogen (secondary N) is 1. The molecule has 0 aliphatic carbocycles. The quantitative estimate of drug-likeness (QED) is 0.477. The molecule has 0 saturated carbocycles. The van der Waals surface area contributed by atoms with Crippen LogP contribution in [0.1, 0.15) is 12.7 Å². The van der Waals surface area contributed by atoms with Crippen molar-refractivity contribution in [1.29, 1.82) is 0 Å². The van der Waals surface area contributed by atoms with Crippen molar-refractivity contribution < 1.29 is 4.74 Å². The number of rotatable bonds is 6. The summed E-state index contributed by atoms with van der Waals surface area (Å²) in [5.74, 6) is 1.61. The molecule has 0 spiro atoms. The Bertz CT molecular complexity index is 1280. The van der Waals surface area contributed by atoms with E-state index in [9.17, 15) is 4.79 Å². The molecule has 6 nitrogen and oxygen atoms in total. The highest BCUT2D eigenvalue weighted by atomic mass is 32.1. The van der Waals surface area contributed by atoms with Gasteiger partial charge in [0.05, 0.1) is 24.2 Å². The topological polar surface area (TPSA) is 61.5 Å². The largest absolute Gasteiger partial charge is 0.485 e. The van der Waals surface area contributed by atoms with Crippen LogP contribution in [0.2, 0.25) is 0 Å². The van der Waals surface area contributed by atoms with Crippen LogP contribution in [0.4, 0.5) is 5.69 Å². The molecular weight excluding hydrogens is 420 g/mol. The summed E-state index contributed by atoms with van der Waals surface area (Å²) in [6, 6.07) is 20.2. The first-order valence-electron chi connectivity index (χ1n) is 10.9. The zero-order valence-electron chi connectivity index (χ0n) is 18.2. The number of hydrogen-bond donors (Lipinski definition) is 1. The molecule has 0 saturated heterocycles. The molecule has 32 heavy (non-hydrogen) atoms. The minimum Gasteiger partial charge on any atom is -0.485 e. The van der Waals surface area contributed by atoms with E-state index in [2.05, 4.69) is 39.9 Å². The summed E-state index contributed by atoms with van der Waals surface area (Å²) in [7, 11) is 2.04. The molecule has 1 aliphatic heterocycles. The van der Waals surface area contributed by atoms with E-state index in [0.29, 0.717) is 17.8 Å². The van der Waals surface area contributed by atoms with E-state index >= 15 is 0 Å². The van der Waals surface area contributed by atoms with Gasteiger partial charge >= 0.3 is 0 Å². The van der Waals surface area contributed by atoms with Crippen molar-refractivity contribution in [2.75, 3.05) is 31.6 Å². The first-order chi connectivity index (χ1) is 15.6. The second-order valence-electron chi connectivity index (χ2n) is 8.15. The third-order valence-electron chi connectivity index (χ3n) is 5.75. The van der Waals surface area contributed by atoms with Gasteiger partial charge in [-0.25, -0.2) is 4.98 Å². The first-order valence-corrected chi connectivity index (χ1v) is 11.7. The monoisotopic (exact) mass is 446 g/mol. The second kappa shape index (κ2) is 8.76. The average molecular weight is 447 g/mol. The van der Waals surface area contributed by atoms with Crippen LogP contribution in [0.25, 0.3) is 20.7 Å². The van der Waals surface area contributed by atoms with E-state index in [4.69, 9.17) is 9.72 Å². The first kappa shape index (κ1) is 20.7. The van der Waals surface area contributed by atoms with E-state index < -0.39 is 0 Å². The molecule has 0 amide bonds. The molecule has 7 heteroatoms. The van der Waals surface area contributed by atoms with Crippen LogP contribution in [0, 0.1) is 0 Å². The summed E-state index contributed by atoms with van der Waals surface area (Å²) in [5.41, 5.74) is 2.16. The average Bonchev–Trinajstić information content (AvgIpc) is 3.24. The van der Waals surface area contributed by atoms with Crippen molar-refractivity contribution in [2.24, 2.45) is 0 Å². The lowest BCUT2D eigenvalue weighted by molar-refractivity contribution is 0.138. The number of para-hydroxylation sites is 2. The minimum absolute atomic E-state index is 0.0525. The number of nitrogens with zero attached hydrogens (tertiary/aromatic N) is 3. The molecule has 0 unspecified atom stereocenters. The van der Waals surface area contributed by atoms with E-state index in [1.54, 1.807) is 11.3 Å². The predicted molar refractivity (Wildman–Crippen MR) is 131 cm³/mol. The Morgan fingerprint density at radius 1 is 1.19 bits per heavy atom. The molecule has 0 radical (unpaired) electrons. The Labute approximate surface area is 191 Å². The van der Waals surface area contributed by atoms with Gasteiger partial charge in [-0.05, 0) is 37.7 Å². The summed E-state index contributed by atoms with van der Waals surface area (Å²) < 4.78 is 6.25. The summed E-state index contributed by atoms with van der Waals surface area (Å²) in [6.07, 6.45) is 0.0525. The SMILES string of the molecule is CCN1C[C@H](CN(C)Cc2nc3sc(-c4ccccc4)cc3c(=O)[nH]2)Oc2ccccc21. The molecule has 164 valence electrons. The molecule has 3 heterocycles. The minimum atomic E-state index is -0.0863. The maximum absolute atomic E-state index is 12.7. The zero-order chi connectivity index (χ0) is 22.1. The number of benzene rings is 2. The fourth-order valence-corrected chi connectivity index (χ4v) is 5.29. The van der Waals surface area contributed by atoms with Crippen molar-refractivity contribution in [1.82, 2.24) is 14.9 Å². The van der Waals surface area contributed by atoms with Crippen LogP contribution in [0.5, 0.6) is 5.75 Å². The smallest absolute Gasteiger partial charge is 0.259 e. The van der Waals surface area contributed by atoms with E-state index in [0.717, 1.165) is 46.3 Å². The third kappa shape index (κ3) is 4.13. The van der Waals surface area contributed by atoms with Gasteiger partial charge in [0.25, 0.3) is 5.56 Å². The van der Waals surface area contributed by atoms with Gasteiger partial charge in [-0.2, -0.15) is 0 Å². The molecule has 5 rings (SSSR count). The summed E-state index contributed by atoms with van der Waals surface area (Å²) in [4.78, 5) is 26.7. The van der Waals surface area contributed by atoms with Crippen LogP contribution in [0.15, 0.2) is 65.5 Å². The van der Waals surface area contributed by atoms with Crippen molar-refractivity contribution >= 4 is 27.2 Å². The number of thiophene rings is 1. The van der Waals surface area contributed by atoms with Crippen LogP contribution in [0.3, 0.4) is 0 Å². The van der Waals surface area contributed by atoms with Gasteiger partial charge in [0.15, 0.2) is 0 Å². The molecule has 2 aromatic heterocycles. The number of ether oxygens (including phenoxy) is 1. The summed E-state index contributed by atoms with van der Waals surface area (Å²) >= 11 is 1.56.